The topological polar surface area (TPSA) is 38.9 Å². The summed E-state index contributed by atoms with van der Waals surface area (Å²) in [7, 11) is 0. The van der Waals surface area contributed by atoms with Gasteiger partial charge in [0.25, 0.3) is 0 Å². The van der Waals surface area contributed by atoms with Crippen LogP contribution in [0.25, 0.3) is 0 Å². The maximum absolute atomic E-state index is 6.09. The molecule has 80 valence electrons. The second kappa shape index (κ2) is 4.35. The van der Waals surface area contributed by atoms with Crippen LogP contribution in [0.2, 0.25) is 0 Å². The van der Waals surface area contributed by atoms with Gasteiger partial charge in [0.2, 0.25) is 0 Å². The normalized spacial score (nSPS) is 10.7. The van der Waals surface area contributed by atoms with Crippen LogP contribution in [0.3, 0.4) is 0 Å². The smallest absolute Gasteiger partial charge is 0.0661 e. The number of pyridine rings is 1. The van der Waals surface area contributed by atoms with Crippen molar-refractivity contribution in [3.63, 3.8) is 0 Å². The van der Waals surface area contributed by atoms with E-state index in [0.717, 1.165) is 23.2 Å². The van der Waals surface area contributed by atoms with Crippen molar-refractivity contribution in [1.29, 1.82) is 0 Å². The van der Waals surface area contributed by atoms with E-state index in [1.807, 2.05) is 6.20 Å². The van der Waals surface area contributed by atoms with E-state index >= 15 is 0 Å². The van der Waals surface area contributed by atoms with Gasteiger partial charge in [0.1, 0.15) is 0 Å². The molecule has 0 unspecified atom stereocenters. The fraction of sp³-hybridized carbons (Fsp3) is 0.462. The van der Waals surface area contributed by atoms with Crippen LogP contribution in [-0.2, 0) is 5.41 Å². The van der Waals surface area contributed by atoms with E-state index in [2.05, 4.69) is 37.6 Å². The van der Waals surface area contributed by atoms with Crippen LogP contribution in [0.4, 0.5) is 5.69 Å². The van der Waals surface area contributed by atoms with Gasteiger partial charge in [-0.25, -0.2) is 0 Å². The van der Waals surface area contributed by atoms with Crippen molar-refractivity contribution >= 4 is 5.69 Å². The van der Waals surface area contributed by atoms with Gasteiger partial charge < -0.3 is 5.73 Å². The van der Waals surface area contributed by atoms with Gasteiger partial charge in [-0.05, 0) is 18.8 Å². The Hall–Kier alpha value is -1.49. The van der Waals surface area contributed by atoms with E-state index in [9.17, 15) is 0 Å². The zero-order chi connectivity index (χ0) is 11.5. The first-order valence-corrected chi connectivity index (χ1v) is 5.19. The van der Waals surface area contributed by atoms with Crippen molar-refractivity contribution in [1.82, 2.24) is 4.98 Å². The van der Waals surface area contributed by atoms with Crippen LogP contribution in [-0.4, -0.2) is 4.98 Å². The number of anilines is 1. The summed E-state index contributed by atoms with van der Waals surface area (Å²) in [6.07, 6.45) is 4.60. The van der Waals surface area contributed by atoms with Gasteiger partial charge in [0.15, 0.2) is 0 Å². The van der Waals surface area contributed by atoms with Crippen molar-refractivity contribution < 1.29 is 0 Å². The van der Waals surface area contributed by atoms with Crippen LogP contribution in [0.1, 0.15) is 45.2 Å². The minimum atomic E-state index is 0.0581. The Labute approximate surface area is 91.9 Å². The number of rotatable bonds is 2. The fourth-order valence-electron chi connectivity index (χ4n) is 1.43. The summed E-state index contributed by atoms with van der Waals surface area (Å²) < 4.78 is 0. The third kappa shape index (κ3) is 2.30. The summed E-state index contributed by atoms with van der Waals surface area (Å²) in [5.74, 6) is 5.83. The van der Waals surface area contributed by atoms with Crippen LogP contribution in [0, 0.1) is 11.8 Å². The zero-order valence-corrected chi connectivity index (χ0v) is 9.89. The number of aromatic nitrogens is 1. The quantitative estimate of drug-likeness (QED) is 0.749. The Bertz CT molecular complexity index is 408. The van der Waals surface area contributed by atoms with Crippen LogP contribution >= 0.6 is 0 Å². The van der Waals surface area contributed by atoms with Gasteiger partial charge >= 0.3 is 0 Å². The molecule has 0 aliphatic heterocycles. The van der Waals surface area contributed by atoms with Crippen molar-refractivity contribution in [2.75, 3.05) is 5.73 Å². The molecule has 0 amide bonds. The van der Waals surface area contributed by atoms with E-state index < -0.39 is 0 Å². The van der Waals surface area contributed by atoms with Gasteiger partial charge in [-0.3, -0.25) is 4.98 Å². The summed E-state index contributed by atoms with van der Waals surface area (Å²) in [6, 6.07) is 0. The van der Waals surface area contributed by atoms with E-state index in [4.69, 9.17) is 5.73 Å². The van der Waals surface area contributed by atoms with Crippen LogP contribution < -0.4 is 5.73 Å². The average molecular weight is 202 g/mol. The van der Waals surface area contributed by atoms with Gasteiger partial charge in [-0.2, -0.15) is 0 Å². The van der Waals surface area contributed by atoms with E-state index in [1.54, 1.807) is 13.1 Å². The third-order valence-electron chi connectivity index (χ3n) is 2.86. The summed E-state index contributed by atoms with van der Waals surface area (Å²) in [5.41, 5.74) is 8.83. The van der Waals surface area contributed by atoms with Gasteiger partial charge in [-0.1, -0.05) is 26.7 Å². The summed E-state index contributed by atoms with van der Waals surface area (Å²) in [6.45, 7) is 8.29. The summed E-state index contributed by atoms with van der Waals surface area (Å²) in [4.78, 5) is 4.20. The Morgan fingerprint density at radius 3 is 2.60 bits per heavy atom. The standard InChI is InChI=1S/C13H18N2/c1-5-7-10-8-15-9-11(12(10)14)13(3,4)6-2/h8-9H,6H2,1-4H3,(H2,14,15). The van der Waals surface area contributed by atoms with Crippen molar-refractivity contribution in [2.45, 2.75) is 39.5 Å². The lowest BCUT2D eigenvalue weighted by atomic mass is 9.81. The first-order chi connectivity index (χ1) is 7.03. The second-order valence-electron chi connectivity index (χ2n) is 4.26. The third-order valence-corrected chi connectivity index (χ3v) is 2.86. The number of nitrogens with zero attached hydrogens (tertiary/aromatic N) is 1. The molecular weight excluding hydrogens is 184 g/mol. The molecule has 0 fully saturated rings. The predicted octanol–water partition coefficient (Wildman–Crippen LogP) is 2.72. The minimum absolute atomic E-state index is 0.0581. The van der Waals surface area contributed by atoms with Crippen LogP contribution in [0.5, 0.6) is 0 Å². The highest BCUT2D eigenvalue weighted by molar-refractivity contribution is 5.61. The molecular formula is C13H18N2. The van der Waals surface area contributed by atoms with Gasteiger partial charge in [0, 0.05) is 18.0 Å². The lowest BCUT2D eigenvalue weighted by Gasteiger charge is -2.24. The van der Waals surface area contributed by atoms with Gasteiger partial charge in [0.05, 0.1) is 11.3 Å². The first kappa shape index (κ1) is 11.6. The van der Waals surface area contributed by atoms with Gasteiger partial charge in [-0.15, -0.1) is 5.92 Å². The molecule has 1 heterocycles. The Kier molecular flexibility index (Phi) is 3.36. The number of nitrogens with two attached hydrogens (primary N) is 1. The van der Waals surface area contributed by atoms with Crippen molar-refractivity contribution in [3.8, 4) is 11.8 Å². The molecule has 1 aromatic rings. The van der Waals surface area contributed by atoms with Crippen LogP contribution in [0.15, 0.2) is 12.4 Å². The average Bonchev–Trinajstić information content (AvgIpc) is 2.21. The predicted molar refractivity (Wildman–Crippen MR) is 64.5 cm³/mol. The molecule has 0 aromatic carbocycles. The highest BCUT2D eigenvalue weighted by atomic mass is 14.7. The zero-order valence-electron chi connectivity index (χ0n) is 9.89. The molecule has 1 aromatic heterocycles. The maximum atomic E-state index is 6.09. The number of hydrogen-bond acceptors (Lipinski definition) is 2. The number of nitrogen functional groups attached to an aromatic ring is 1. The highest BCUT2D eigenvalue weighted by Gasteiger charge is 2.22. The molecule has 2 heteroatoms. The maximum Gasteiger partial charge on any atom is 0.0661 e. The molecule has 2 nitrogen and oxygen atoms in total. The molecule has 0 saturated carbocycles. The highest BCUT2D eigenvalue weighted by Crippen LogP contribution is 2.31. The lowest BCUT2D eigenvalue weighted by Crippen LogP contribution is -2.18. The molecule has 0 radical (unpaired) electrons. The monoisotopic (exact) mass is 202 g/mol. The van der Waals surface area contributed by atoms with E-state index in [0.29, 0.717) is 0 Å². The molecule has 0 bridgehead atoms. The molecule has 15 heavy (non-hydrogen) atoms. The Morgan fingerprint density at radius 1 is 1.40 bits per heavy atom. The molecule has 0 aliphatic carbocycles. The molecule has 2 N–H and O–H groups in total. The molecule has 0 saturated heterocycles. The summed E-state index contributed by atoms with van der Waals surface area (Å²) in [5, 5.41) is 0. The molecule has 0 atom stereocenters. The molecule has 0 aliphatic rings. The Morgan fingerprint density at radius 2 is 2.07 bits per heavy atom. The van der Waals surface area contributed by atoms with Crippen molar-refractivity contribution in [2.24, 2.45) is 0 Å². The largest absolute Gasteiger partial charge is 0.397 e. The summed E-state index contributed by atoms with van der Waals surface area (Å²) >= 11 is 0. The second-order valence-corrected chi connectivity index (χ2v) is 4.26. The fourth-order valence-corrected chi connectivity index (χ4v) is 1.43. The Balaban J connectivity index is 3.31. The molecule has 0 spiro atoms. The van der Waals surface area contributed by atoms with E-state index in [-0.39, 0.29) is 5.41 Å². The van der Waals surface area contributed by atoms with Crippen molar-refractivity contribution in [3.05, 3.63) is 23.5 Å². The number of hydrogen-bond donors (Lipinski definition) is 1. The first-order valence-electron chi connectivity index (χ1n) is 5.19. The SMILES string of the molecule is CC#Cc1cncc(C(C)(C)CC)c1N. The minimum Gasteiger partial charge on any atom is -0.397 e. The van der Waals surface area contributed by atoms with E-state index in [1.165, 1.54) is 0 Å². The molecule has 1 rings (SSSR count). The lowest BCUT2D eigenvalue weighted by molar-refractivity contribution is 0.506.